The van der Waals surface area contributed by atoms with Crippen LogP contribution in [0.2, 0.25) is 0 Å². The molecule has 0 aliphatic carbocycles. The first-order valence-electron chi connectivity index (χ1n) is 5.99. The normalized spacial score (nSPS) is 11.1. The number of halogens is 1. The van der Waals surface area contributed by atoms with Gasteiger partial charge in [-0.15, -0.1) is 11.8 Å². The van der Waals surface area contributed by atoms with Crippen LogP contribution in [0.25, 0.3) is 0 Å². The van der Waals surface area contributed by atoms with Crippen molar-refractivity contribution in [1.82, 2.24) is 4.90 Å². The van der Waals surface area contributed by atoms with Crippen molar-refractivity contribution in [3.8, 4) is 0 Å². The zero-order chi connectivity index (χ0) is 12.8. The fourth-order valence-electron chi connectivity index (χ4n) is 1.62. The number of rotatable bonds is 6. The Morgan fingerprint density at radius 1 is 1.29 bits per heavy atom. The standard InChI is InChI=1S/C13H21FN2S/c1-4-16(5-2)6-7-17-13-8-10(3)11(14)9-12(13)15/h8-9H,4-7,15H2,1-3H3. The molecule has 17 heavy (non-hydrogen) atoms. The van der Waals surface area contributed by atoms with Crippen LogP contribution in [-0.4, -0.2) is 30.3 Å². The first-order chi connectivity index (χ1) is 8.08. The summed E-state index contributed by atoms with van der Waals surface area (Å²) in [6, 6.07) is 3.24. The van der Waals surface area contributed by atoms with Crippen LogP contribution in [0, 0.1) is 12.7 Å². The molecule has 1 aromatic carbocycles. The number of nitrogens with two attached hydrogens (primary N) is 1. The summed E-state index contributed by atoms with van der Waals surface area (Å²) in [7, 11) is 0. The van der Waals surface area contributed by atoms with Gasteiger partial charge in [-0.2, -0.15) is 0 Å². The third-order valence-corrected chi connectivity index (χ3v) is 3.90. The van der Waals surface area contributed by atoms with Crippen molar-refractivity contribution in [2.24, 2.45) is 0 Å². The number of nitrogen functional groups attached to an aromatic ring is 1. The minimum atomic E-state index is -0.226. The summed E-state index contributed by atoms with van der Waals surface area (Å²) in [5.74, 6) is 0.757. The van der Waals surface area contributed by atoms with Crippen molar-refractivity contribution in [1.29, 1.82) is 0 Å². The zero-order valence-corrected chi connectivity index (χ0v) is 11.6. The lowest BCUT2D eigenvalue weighted by molar-refractivity contribution is 0.324. The molecule has 0 radical (unpaired) electrons. The van der Waals surface area contributed by atoms with Crippen LogP contribution in [0.1, 0.15) is 19.4 Å². The molecule has 0 aliphatic rings. The number of aryl methyl sites for hydroxylation is 1. The number of nitrogens with zero attached hydrogens (tertiary/aromatic N) is 1. The van der Waals surface area contributed by atoms with E-state index in [2.05, 4.69) is 18.7 Å². The molecule has 0 bridgehead atoms. The van der Waals surface area contributed by atoms with Crippen LogP contribution >= 0.6 is 11.8 Å². The molecule has 0 heterocycles. The number of hydrogen-bond donors (Lipinski definition) is 1. The fourth-order valence-corrected chi connectivity index (χ4v) is 2.68. The van der Waals surface area contributed by atoms with Gasteiger partial charge in [0.25, 0.3) is 0 Å². The van der Waals surface area contributed by atoms with E-state index in [1.807, 2.05) is 6.07 Å². The zero-order valence-electron chi connectivity index (χ0n) is 10.8. The van der Waals surface area contributed by atoms with Gasteiger partial charge in [0.05, 0.1) is 0 Å². The first kappa shape index (κ1) is 14.3. The Kier molecular flexibility index (Phi) is 5.78. The monoisotopic (exact) mass is 256 g/mol. The maximum absolute atomic E-state index is 13.2. The third-order valence-electron chi connectivity index (χ3n) is 2.85. The summed E-state index contributed by atoms with van der Waals surface area (Å²) < 4.78 is 13.2. The third kappa shape index (κ3) is 4.21. The molecule has 2 nitrogen and oxygen atoms in total. The summed E-state index contributed by atoms with van der Waals surface area (Å²) >= 11 is 1.70. The van der Waals surface area contributed by atoms with E-state index in [0.717, 1.165) is 30.3 Å². The van der Waals surface area contributed by atoms with Crippen molar-refractivity contribution in [2.45, 2.75) is 25.7 Å². The van der Waals surface area contributed by atoms with Crippen molar-refractivity contribution in [3.05, 3.63) is 23.5 Å². The van der Waals surface area contributed by atoms with E-state index in [4.69, 9.17) is 5.73 Å². The van der Waals surface area contributed by atoms with Gasteiger partial charge in [-0.25, -0.2) is 4.39 Å². The van der Waals surface area contributed by atoms with Crippen LogP contribution in [0.4, 0.5) is 10.1 Å². The van der Waals surface area contributed by atoms with Crippen LogP contribution in [-0.2, 0) is 0 Å². The smallest absolute Gasteiger partial charge is 0.128 e. The second-order valence-corrected chi connectivity index (χ2v) is 5.15. The van der Waals surface area contributed by atoms with Gasteiger partial charge >= 0.3 is 0 Å². The van der Waals surface area contributed by atoms with E-state index in [1.54, 1.807) is 18.7 Å². The molecule has 0 aromatic heterocycles. The Balaban J connectivity index is 2.55. The first-order valence-corrected chi connectivity index (χ1v) is 6.97. The lowest BCUT2D eigenvalue weighted by atomic mass is 10.2. The Hall–Kier alpha value is -0.740. The SMILES string of the molecule is CCN(CC)CCSc1cc(C)c(F)cc1N. The largest absolute Gasteiger partial charge is 0.398 e. The highest BCUT2D eigenvalue weighted by atomic mass is 32.2. The van der Waals surface area contributed by atoms with Crippen LogP contribution < -0.4 is 5.73 Å². The highest BCUT2D eigenvalue weighted by molar-refractivity contribution is 7.99. The van der Waals surface area contributed by atoms with Gasteiger partial charge in [0.2, 0.25) is 0 Å². The summed E-state index contributed by atoms with van der Waals surface area (Å²) in [5, 5.41) is 0. The highest BCUT2D eigenvalue weighted by Gasteiger charge is 2.06. The Bertz CT molecular complexity index is 365. The molecule has 1 rings (SSSR count). The molecular weight excluding hydrogens is 235 g/mol. The van der Waals surface area contributed by atoms with E-state index in [-0.39, 0.29) is 5.82 Å². The van der Waals surface area contributed by atoms with Gasteiger partial charge in [0, 0.05) is 22.9 Å². The summed E-state index contributed by atoms with van der Waals surface area (Å²) in [6.45, 7) is 9.25. The van der Waals surface area contributed by atoms with Crippen molar-refractivity contribution in [3.63, 3.8) is 0 Å². The molecule has 96 valence electrons. The fraction of sp³-hybridized carbons (Fsp3) is 0.538. The van der Waals surface area contributed by atoms with Crippen LogP contribution in [0.3, 0.4) is 0 Å². The predicted molar refractivity (Wildman–Crippen MR) is 74.1 cm³/mol. The molecule has 0 fully saturated rings. The summed E-state index contributed by atoms with van der Waals surface area (Å²) in [4.78, 5) is 3.34. The molecule has 0 atom stereocenters. The number of anilines is 1. The van der Waals surface area contributed by atoms with Gasteiger partial charge in [0.1, 0.15) is 5.82 Å². The predicted octanol–water partition coefficient (Wildman–Crippen LogP) is 3.15. The van der Waals surface area contributed by atoms with Crippen molar-refractivity contribution < 1.29 is 4.39 Å². The average Bonchev–Trinajstić information content (AvgIpc) is 2.31. The average molecular weight is 256 g/mol. The summed E-state index contributed by atoms with van der Waals surface area (Å²) in [6.07, 6.45) is 0. The molecule has 2 N–H and O–H groups in total. The maximum atomic E-state index is 13.2. The second kappa shape index (κ2) is 6.87. The van der Waals surface area contributed by atoms with E-state index in [9.17, 15) is 4.39 Å². The molecule has 0 amide bonds. The molecule has 0 unspecified atom stereocenters. The minimum absolute atomic E-state index is 0.226. The summed E-state index contributed by atoms with van der Waals surface area (Å²) in [5.41, 5.74) is 6.99. The minimum Gasteiger partial charge on any atom is -0.398 e. The van der Waals surface area contributed by atoms with Crippen LogP contribution in [0.15, 0.2) is 17.0 Å². The lowest BCUT2D eigenvalue weighted by Gasteiger charge is -2.17. The van der Waals surface area contributed by atoms with E-state index < -0.39 is 0 Å². The van der Waals surface area contributed by atoms with Gasteiger partial charge in [0.15, 0.2) is 0 Å². The number of benzene rings is 1. The van der Waals surface area contributed by atoms with Gasteiger partial charge in [-0.05, 0) is 37.7 Å². The Labute approximate surface area is 107 Å². The van der Waals surface area contributed by atoms with Gasteiger partial charge in [-0.3, -0.25) is 0 Å². The Morgan fingerprint density at radius 2 is 1.94 bits per heavy atom. The molecule has 0 saturated heterocycles. The van der Waals surface area contributed by atoms with Crippen LogP contribution in [0.5, 0.6) is 0 Å². The quantitative estimate of drug-likeness (QED) is 0.626. The second-order valence-electron chi connectivity index (χ2n) is 4.01. The van der Waals surface area contributed by atoms with E-state index in [0.29, 0.717) is 11.3 Å². The molecule has 0 saturated carbocycles. The topological polar surface area (TPSA) is 29.3 Å². The van der Waals surface area contributed by atoms with E-state index in [1.165, 1.54) is 6.07 Å². The lowest BCUT2D eigenvalue weighted by Crippen LogP contribution is -2.25. The maximum Gasteiger partial charge on any atom is 0.128 e. The number of thioether (sulfide) groups is 1. The molecule has 0 aliphatic heterocycles. The molecule has 0 spiro atoms. The van der Waals surface area contributed by atoms with Gasteiger partial charge in [-0.1, -0.05) is 13.8 Å². The Morgan fingerprint density at radius 3 is 2.53 bits per heavy atom. The molecular formula is C13H21FN2S. The molecule has 4 heteroatoms. The highest BCUT2D eigenvalue weighted by Crippen LogP contribution is 2.27. The van der Waals surface area contributed by atoms with Gasteiger partial charge < -0.3 is 10.6 Å². The van der Waals surface area contributed by atoms with Crippen molar-refractivity contribution in [2.75, 3.05) is 31.1 Å². The van der Waals surface area contributed by atoms with E-state index >= 15 is 0 Å². The van der Waals surface area contributed by atoms with Crippen molar-refractivity contribution >= 4 is 17.4 Å². The number of hydrogen-bond acceptors (Lipinski definition) is 3. The molecule has 1 aromatic rings.